The van der Waals surface area contributed by atoms with Gasteiger partial charge in [0.25, 0.3) is 5.95 Å². The average molecular weight is 250 g/mol. The summed E-state index contributed by atoms with van der Waals surface area (Å²) in [6.45, 7) is 1.85. The molecule has 0 bridgehead atoms. The number of carbonyl (C=O) groups excluding carboxylic acids is 1. The molecule has 0 saturated heterocycles. The number of ether oxygens (including phenoxy) is 1. The summed E-state index contributed by atoms with van der Waals surface area (Å²) in [5.74, 6) is -0.159. The van der Waals surface area contributed by atoms with E-state index in [0.717, 1.165) is 0 Å². The Hall–Kier alpha value is -1.34. The van der Waals surface area contributed by atoms with E-state index in [1.54, 1.807) is 6.92 Å². The van der Waals surface area contributed by atoms with E-state index in [9.17, 15) is 4.79 Å². The van der Waals surface area contributed by atoms with Gasteiger partial charge < -0.3 is 4.74 Å². The van der Waals surface area contributed by atoms with Gasteiger partial charge in [-0.25, -0.2) is 4.79 Å². The van der Waals surface area contributed by atoms with Crippen molar-refractivity contribution < 1.29 is 9.53 Å². The lowest BCUT2D eigenvalue weighted by molar-refractivity contribution is 0.161. The summed E-state index contributed by atoms with van der Waals surface area (Å²) in [6, 6.07) is 0. The number of rotatable bonds is 2. The van der Waals surface area contributed by atoms with Crippen molar-refractivity contribution in [3.8, 4) is 0 Å². The SMILES string of the molecule is CCOC(=O)/N=N\c1nc(Cl)nc(Cl)n1. The summed E-state index contributed by atoms with van der Waals surface area (Å²) < 4.78 is 4.49. The van der Waals surface area contributed by atoms with Gasteiger partial charge >= 0.3 is 6.09 Å². The molecule has 15 heavy (non-hydrogen) atoms. The van der Waals surface area contributed by atoms with E-state index in [2.05, 4.69) is 29.9 Å². The lowest BCUT2D eigenvalue weighted by Crippen LogP contribution is -1.96. The van der Waals surface area contributed by atoms with E-state index < -0.39 is 6.09 Å². The standard InChI is InChI=1S/C6H5Cl2N5O2/c1-2-15-6(14)13-12-5-10-3(7)9-4(8)11-5/h2H2,1H3/b13-12-. The third kappa shape index (κ3) is 4.13. The van der Waals surface area contributed by atoms with E-state index in [1.165, 1.54) is 0 Å². The van der Waals surface area contributed by atoms with Crippen LogP contribution in [0, 0.1) is 0 Å². The molecule has 0 spiro atoms. The predicted molar refractivity (Wildman–Crippen MR) is 51.4 cm³/mol. The normalized spacial score (nSPS) is 10.6. The van der Waals surface area contributed by atoms with Crippen molar-refractivity contribution in [1.29, 1.82) is 0 Å². The van der Waals surface area contributed by atoms with Crippen molar-refractivity contribution in [2.75, 3.05) is 6.61 Å². The van der Waals surface area contributed by atoms with Gasteiger partial charge in [0, 0.05) is 0 Å². The van der Waals surface area contributed by atoms with Gasteiger partial charge in [-0.2, -0.15) is 15.0 Å². The monoisotopic (exact) mass is 249 g/mol. The summed E-state index contributed by atoms with van der Waals surface area (Å²) in [4.78, 5) is 21.4. The molecule has 0 N–H and O–H groups in total. The van der Waals surface area contributed by atoms with Crippen molar-refractivity contribution in [3.63, 3.8) is 0 Å². The third-order valence-corrected chi connectivity index (χ3v) is 1.40. The van der Waals surface area contributed by atoms with Crippen molar-refractivity contribution in [2.45, 2.75) is 6.92 Å². The molecule has 1 amide bonds. The Kier molecular flexibility index (Phi) is 4.32. The van der Waals surface area contributed by atoms with Gasteiger partial charge in [-0.15, -0.1) is 5.11 Å². The van der Waals surface area contributed by atoms with Crippen LogP contribution in [0.2, 0.25) is 10.6 Å². The molecule has 9 heteroatoms. The smallest absolute Gasteiger partial charge is 0.447 e. The van der Waals surface area contributed by atoms with Crippen LogP contribution >= 0.6 is 23.2 Å². The quantitative estimate of drug-likeness (QED) is 0.751. The first-order valence-corrected chi connectivity index (χ1v) is 4.53. The Morgan fingerprint density at radius 1 is 1.33 bits per heavy atom. The summed E-state index contributed by atoms with van der Waals surface area (Å²) in [7, 11) is 0. The van der Waals surface area contributed by atoms with Crippen LogP contribution in [0.1, 0.15) is 6.92 Å². The van der Waals surface area contributed by atoms with Crippen LogP contribution in [-0.2, 0) is 4.74 Å². The molecule has 0 aliphatic rings. The second kappa shape index (κ2) is 5.52. The summed E-state index contributed by atoms with van der Waals surface area (Å²) >= 11 is 10.9. The Labute approximate surface area is 94.5 Å². The zero-order valence-electron chi connectivity index (χ0n) is 7.52. The Morgan fingerprint density at radius 3 is 2.47 bits per heavy atom. The maximum atomic E-state index is 10.8. The van der Waals surface area contributed by atoms with Crippen molar-refractivity contribution in [2.24, 2.45) is 10.2 Å². The molecular formula is C6H5Cl2N5O2. The summed E-state index contributed by atoms with van der Waals surface area (Å²) in [6.07, 6.45) is -0.842. The molecule has 1 aromatic heterocycles. The van der Waals surface area contributed by atoms with Crippen LogP contribution in [0.4, 0.5) is 10.7 Å². The van der Waals surface area contributed by atoms with Crippen LogP contribution in [-0.4, -0.2) is 27.7 Å². The average Bonchev–Trinajstić information content (AvgIpc) is 2.14. The van der Waals surface area contributed by atoms with Gasteiger partial charge in [0.1, 0.15) is 0 Å². The second-order valence-electron chi connectivity index (χ2n) is 2.07. The van der Waals surface area contributed by atoms with Crippen LogP contribution in [0.25, 0.3) is 0 Å². The fraction of sp³-hybridized carbons (Fsp3) is 0.333. The zero-order valence-corrected chi connectivity index (χ0v) is 9.03. The summed E-state index contributed by atoms with van der Waals surface area (Å²) in [5.41, 5.74) is 0. The largest absolute Gasteiger partial charge is 0.452 e. The zero-order chi connectivity index (χ0) is 11.3. The number of carbonyl (C=O) groups is 1. The molecular weight excluding hydrogens is 245 g/mol. The first-order valence-electron chi connectivity index (χ1n) is 3.77. The number of nitrogens with zero attached hydrogens (tertiary/aromatic N) is 5. The molecule has 0 saturated carbocycles. The number of amides is 1. The molecule has 80 valence electrons. The van der Waals surface area contributed by atoms with Gasteiger partial charge in [0.05, 0.1) is 6.61 Å². The molecule has 0 aromatic carbocycles. The van der Waals surface area contributed by atoms with E-state index in [4.69, 9.17) is 23.2 Å². The minimum atomic E-state index is -0.842. The van der Waals surface area contributed by atoms with Crippen molar-refractivity contribution >= 4 is 35.2 Å². The van der Waals surface area contributed by atoms with Gasteiger partial charge in [0.2, 0.25) is 10.6 Å². The van der Waals surface area contributed by atoms with Crippen LogP contribution in [0.15, 0.2) is 10.2 Å². The highest BCUT2D eigenvalue weighted by Crippen LogP contribution is 2.12. The Balaban J connectivity index is 2.76. The van der Waals surface area contributed by atoms with Crippen LogP contribution < -0.4 is 0 Å². The van der Waals surface area contributed by atoms with Crippen molar-refractivity contribution in [1.82, 2.24) is 15.0 Å². The van der Waals surface area contributed by atoms with Gasteiger partial charge in [0.15, 0.2) is 0 Å². The van der Waals surface area contributed by atoms with E-state index >= 15 is 0 Å². The van der Waals surface area contributed by atoms with Gasteiger partial charge in [-0.3, -0.25) is 0 Å². The maximum absolute atomic E-state index is 10.8. The van der Waals surface area contributed by atoms with Gasteiger partial charge in [-0.05, 0) is 30.1 Å². The Morgan fingerprint density at radius 2 is 1.93 bits per heavy atom. The minimum Gasteiger partial charge on any atom is -0.447 e. The lowest BCUT2D eigenvalue weighted by Gasteiger charge is -1.93. The molecule has 0 aliphatic carbocycles. The number of hydrogen-bond acceptors (Lipinski definition) is 6. The highest BCUT2D eigenvalue weighted by Gasteiger charge is 2.03. The number of aromatic nitrogens is 3. The molecule has 0 aliphatic heterocycles. The first kappa shape index (κ1) is 11.7. The molecule has 0 unspecified atom stereocenters. The molecule has 7 nitrogen and oxygen atoms in total. The number of hydrogen-bond donors (Lipinski definition) is 0. The summed E-state index contributed by atoms with van der Waals surface area (Å²) in [5, 5.41) is 6.26. The number of halogens is 2. The molecule has 0 fully saturated rings. The molecule has 1 heterocycles. The molecule has 0 atom stereocenters. The topological polar surface area (TPSA) is 89.7 Å². The van der Waals surface area contributed by atoms with Crippen LogP contribution in [0.3, 0.4) is 0 Å². The fourth-order valence-electron chi connectivity index (χ4n) is 0.599. The van der Waals surface area contributed by atoms with E-state index in [-0.39, 0.29) is 23.1 Å². The van der Waals surface area contributed by atoms with E-state index in [0.29, 0.717) is 0 Å². The minimum absolute atomic E-state index is 0.132. The highest BCUT2D eigenvalue weighted by atomic mass is 35.5. The highest BCUT2D eigenvalue weighted by molar-refractivity contribution is 6.31. The molecule has 1 aromatic rings. The maximum Gasteiger partial charge on any atom is 0.452 e. The number of azo groups is 1. The van der Waals surface area contributed by atoms with E-state index in [1.807, 2.05) is 0 Å². The lowest BCUT2D eigenvalue weighted by atomic mass is 10.9. The second-order valence-corrected chi connectivity index (χ2v) is 2.75. The Bertz CT molecular complexity index is 377. The first-order chi connectivity index (χ1) is 7.11. The third-order valence-electron chi connectivity index (χ3n) is 1.06. The van der Waals surface area contributed by atoms with Crippen molar-refractivity contribution in [3.05, 3.63) is 10.6 Å². The molecule has 1 rings (SSSR count). The fourth-order valence-corrected chi connectivity index (χ4v) is 0.953. The van der Waals surface area contributed by atoms with Gasteiger partial charge in [-0.1, -0.05) is 5.11 Å². The van der Waals surface area contributed by atoms with Crippen LogP contribution in [0.5, 0.6) is 0 Å². The predicted octanol–water partition coefficient (Wildman–Crippen LogP) is 2.42. The molecule has 0 radical (unpaired) electrons.